The second kappa shape index (κ2) is 6.27. The Labute approximate surface area is 124 Å². The highest BCUT2D eigenvalue weighted by molar-refractivity contribution is 5.90. The molecule has 110 valence electrons. The fraction of sp³-hybridized carbons (Fsp3) is 0.0769. The smallest absolute Gasteiger partial charge is 0.339 e. The molecule has 0 bridgehead atoms. The summed E-state index contributed by atoms with van der Waals surface area (Å²) < 4.78 is 4.49. The zero-order chi connectivity index (χ0) is 16.1. The van der Waals surface area contributed by atoms with E-state index in [1.54, 1.807) is 0 Å². The van der Waals surface area contributed by atoms with Gasteiger partial charge in [0.25, 0.3) is 0 Å². The molecule has 9 nitrogen and oxygen atoms in total. The predicted octanol–water partition coefficient (Wildman–Crippen LogP) is 1.79. The summed E-state index contributed by atoms with van der Waals surface area (Å²) in [4.78, 5) is 29.5. The number of carbonyl (C=O) groups is 1. The molecule has 0 saturated carbocycles. The molecule has 2 rings (SSSR count). The first-order valence-electron chi connectivity index (χ1n) is 5.91. The van der Waals surface area contributed by atoms with Crippen LogP contribution in [0.25, 0.3) is 0 Å². The topological polar surface area (TPSA) is 131 Å². The van der Waals surface area contributed by atoms with Gasteiger partial charge in [-0.05, 0) is 12.1 Å². The molecule has 2 aromatic heterocycles. The maximum Gasteiger partial charge on any atom is 0.339 e. The average Bonchev–Trinajstić information content (AvgIpc) is 2.55. The van der Waals surface area contributed by atoms with Crippen LogP contribution in [0.2, 0.25) is 0 Å². The monoisotopic (exact) mass is 299 g/mol. The molecule has 0 saturated heterocycles. The highest BCUT2D eigenvalue weighted by Gasteiger charge is 2.19. The number of esters is 1. The Balaban J connectivity index is 2.35. The number of nitrogens with zero attached hydrogens (tertiary/aromatic N) is 4. The zero-order valence-corrected chi connectivity index (χ0v) is 11.3. The van der Waals surface area contributed by atoms with Crippen LogP contribution in [0.1, 0.15) is 16.1 Å². The molecular weight excluding hydrogens is 290 g/mol. The normalized spacial score (nSPS) is 9.64. The van der Waals surface area contributed by atoms with Crippen LogP contribution in [-0.4, -0.2) is 28.0 Å². The molecule has 2 heterocycles. The summed E-state index contributed by atoms with van der Waals surface area (Å²) in [6.45, 7) is 0. The van der Waals surface area contributed by atoms with Gasteiger partial charge in [0, 0.05) is 12.3 Å². The lowest BCUT2D eigenvalue weighted by Crippen LogP contribution is -2.06. The lowest BCUT2D eigenvalue weighted by molar-refractivity contribution is -0.384. The van der Waals surface area contributed by atoms with Crippen molar-refractivity contribution in [1.82, 2.24) is 9.97 Å². The summed E-state index contributed by atoms with van der Waals surface area (Å²) in [5.74, 6) is -0.772. The molecule has 0 spiro atoms. The molecule has 0 radical (unpaired) electrons. The third-order valence-electron chi connectivity index (χ3n) is 2.63. The van der Waals surface area contributed by atoms with E-state index in [1.165, 1.54) is 25.4 Å². The molecule has 1 N–H and O–H groups in total. The minimum absolute atomic E-state index is 0.0299. The maximum absolute atomic E-state index is 11.4. The number of carbonyl (C=O) groups excluding carboxylic acids is 1. The Morgan fingerprint density at radius 2 is 2.18 bits per heavy atom. The number of pyridine rings is 2. The maximum atomic E-state index is 11.4. The Morgan fingerprint density at radius 3 is 2.73 bits per heavy atom. The van der Waals surface area contributed by atoms with Crippen molar-refractivity contribution in [2.75, 3.05) is 12.4 Å². The van der Waals surface area contributed by atoms with Gasteiger partial charge in [0.1, 0.15) is 11.8 Å². The van der Waals surface area contributed by atoms with Crippen molar-refractivity contribution in [2.24, 2.45) is 0 Å². The van der Waals surface area contributed by atoms with Gasteiger partial charge < -0.3 is 10.1 Å². The van der Waals surface area contributed by atoms with Gasteiger partial charge in [-0.3, -0.25) is 10.1 Å². The molecule has 0 aliphatic rings. The van der Waals surface area contributed by atoms with Crippen molar-refractivity contribution in [2.45, 2.75) is 0 Å². The summed E-state index contributed by atoms with van der Waals surface area (Å²) in [5, 5.41) is 22.5. The lowest BCUT2D eigenvalue weighted by Gasteiger charge is -2.07. The number of anilines is 2. The van der Waals surface area contributed by atoms with Crippen molar-refractivity contribution < 1.29 is 14.5 Å². The molecule has 2 aromatic rings. The van der Waals surface area contributed by atoms with Crippen molar-refractivity contribution in [3.8, 4) is 6.07 Å². The Hall–Kier alpha value is -3.54. The number of nitriles is 1. The van der Waals surface area contributed by atoms with Gasteiger partial charge in [0.2, 0.25) is 5.82 Å². The molecule has 22 heavy (non-hydrogen) atoms. The van der Waals surface area contributed by atoms with Crippen LogP contribution in [0.3, 0.4) is 0 Å². The van der Waals surface area contributed by atoms with Crippen molar-refractivity contribution in [3.05, 3.63) is 52.0 Å². The fourth-order valence-corrected chi connectivity index (χ4v) is 1.59. The molecule has 0 aromatic carbocycles. The summed E-state index contributed by atoms with van der Waals surface area (Å²) in [5.41, 5.74) is 0.222. The van der Waals surface area contributed by atoms with Gasteiger partial charge in [-0.25, -0.2) is 14.8 Å². The van der Waals surface area contributed by atoms with Crippen LogP contribution in [0.15, 0.2) is 30.6 Å². The predicted molar refractivity (Wildman–Crippen MR) is 74.5 cm³/mol. The van der Waals surface area contributed by atoms with Crippen LogP contribution in [0, 0.1) is 21.4 Å². The lowest BCUT2D eigenvalue weighted by atomic mass is 10.2. The SMILES string of the molecule is COC(=O)c1cnc(Nc2ccc(C#N)nc2)c([N+](=O)[O-])c1. The molecule has 9 heteroatoms. The Morgan fingerprint density at radius 1 is 1.41 bits per heavy atom. The molecule has 0 unspecified atom stereocenters. The second-order valence-electron chi connectivity index (χ2n) is 4.01. The number of hydrogen-bond acceptors (Lipinski definition) is 8. The Kier molecular flexibility index (Phi) is 4.24. The van der Waals surface area contributed by atoms with Crippen LogP contribution >= 0.6 is 0 Å². The highest BCUT2D eigenvalue weighted by Crippen LogP contribution is 2.26. The molecular formula is C13H9N5O4. The van der Waals surface area contributed by atoms with Gasteiger partial charge >= 0.3 is 11.7 Å². The minimum Gasteiger partial charge on any atom is -0.465 e. The second-order valence-corrected chi connectivity index (χ2v) is 4.01. The summed E-state index contributed by atoms with van der Waals surface area (Å²) in [6.07, 6.45) is 2.51. The first kappa shape index (κ1) is 14.9. The first-order chi connectivity index (χ1) is 10.5. The molecule has 0 aliphatic carbocycles. The number of ether oxygens (including phenoxy) is 1. The van der Waals surface area contributed by atoms with E-state index in [4.69, 9.17) is 5.26 Å². The largest absolute Gasteiger partial charge is 0.465 e. The van der Waals surface area contributed by atoms with E-state index in [2.05, 4.69) is 20.0 Å². The van der Waals surface area contributed by atoms with Crippen molar-refractivity contribution in [1.29, 1.82) is 5.26 Å². The number of nitro groups is 1. The third kappa shape index (κ3) is 3.13. The minimum atomic E-state index is -0.720. The summed E-state index contributed by atoms with van der Waals surface area (Å²) in [7, 11) is 1.17. The van der Waals surface area contributed by atoms with E-state index in [1.807, 2.05) is 6.07 Å². The highest BCUT2D eigenvalue weighted by atomic mass is 16.6. The summed E-state index contributed by atoms with van der Waals surface area (Å²) in [6, 6.07) is 5.92. The Bertz CT molecular complexity index is 767. The number of aromatic nitrogens is 2. The van der Waals surface area contributed by atoms with E-state index in [0.29, 0.717) is 5.69 Å². The van der Waals surface area contributed by atoms with E-state index < -0.39 is 10.9 Å². The van der Waals surface area contributed by atoms with Crippen molar-refractivity contribution >= 4 is 23.2 Å². The van der Waals surface area contributed by atoms with Gasteiger partial charge in [-0.1, -0.05) is 0 Å². The van der Waals surface area contributed by atoms with Crippen LogP contribution in [0.5, 0.6) is 0 Å². The van der Waals surface area contributed by atoms with Crippen molar-refractivity contribution in [3.63, 3.8) is 0 Å². The molecule has 0 atom stereocenters. The third-order valence-corrected chi connectivity index (χ3v) is 2.63. The molecule has 0 fully saturated rings. The fourth-order valence-electron chi connectivity index (χ4n) is 1.59. The van der Waals surface area contributed by atoms with Gasteiger partial charge in [0.15, 0.2) is 0 Å². The van der Waals surface area contributed by atoms with Crippen LogP contribution < -0.4 is 5.32 Å². The van der Waals surface area contributed by atoms with E-state index in [0.717, 1.165) is 12.3 Å². The molecule has 0 amide bonds. The van der Waals surface area contributed by atoms with E-state index >= 15 is 0 Å². The zero-order valence-electron chi connectivity index (χ0n) is 11.3. The number of rotatable bonds is 4. The van der Waals surface area contributed by atoms with Gasteiger partial charge in [-0.2, -0.15) is 5.26 Å². The van der Waals surface area contributed by atoms with E-state index in [-0.39, 0.29) is 22.8 Å². The van der Waals surface area contributed by atoms with Gasteiger partial charge in [0.05, 0.1) is 29.5 Å². The standard InChI is InChI=1S/C13H9N5O4/c1-22-13(19)8-4-11(18(20)21)12(16-6-8)17-10-3-2-9(5-14)15-7-10/h2-4,6-7H,1H3,(H,16,17). The quantitative estimate of drug-likeness (QED) is 0.513. The van der Waals surface area contributed by atoms with Crippen LogP contribution in [-0.2, 0) is 4.74 Å². The number of methoxy groups -OCH3 is 1. The van der Waals surface area contributed by atoms with E-state index in [9.17, 15) is 14.9 Å². The molecule has 0 aliphatic heterocycles. The number of hydrogen-bond donors (Lipinski definition) is 1. The number of nitrogens with one attached hydrogen (secondary N) is 1. The average molecular weight is 299 g/mol. The summed E-state index contributed by atoms with van der Waals surface area (Å²) >= 11 is 0. The van der Waals surface area contributed by atoms with Crippen LogP contribution in [0.4, 0.5) is 17.2 Å². The first-order valence-corrected chi connectivity index (χ1v) is 5.91. The van der Waals surface area contributed by atoms with Gasteiger partial charge in [-0.15, -0.1) is 0 Å².